The third-order valence-corrected chi connectivity index (χ3v) is 3.96. The maximum Gasteiger partial charge on any atom is 0.226 e. The average molecular weight is 303 g/mol. The second kappa shape index (κ2) is 7.40. The van der Waals surface area contributed by atoms with Gasteiger partial charge in [-0.1, -0.05) is 25.1 Å². The number of nitrogens with zero attached hydrogens (tertiary/aromatic N) is 2. The molecule has 0 bridgehead atoms. The first-order chi connectivity index (χ1) is 10.5. The molecule has 5 heteroatoms. The van der Waals surface area contributed by atoms with Gasteiger partial charge >= 0.3 is 0 Å². The van der Waals surface area contributed by atoms with Gasteiger partial charge in [-0.05, 0) is 44.1 Å². The quantitative estimate of drug-likeness (QED) is 0.853. The lowest BCUT2D eigenvalue weighted by Crippen LogP contribution is -2.35. The standard InChI is InChI=1S/C17H25N3O2/c1-5-20(6-2)8-7-18-16(21)11-14-17-13(4)9-12(3)10-15(17)22-19-14/h9-10H,5-8,11H2,1-4H3,(H,18,21). The smallest absolute Gasteiger partial charge is 0.226 e. The van der Waals surface area contributed by atoms with Crippen LogP contribution in [-0.4, -0.2) is 42.1 Å². The summed E-state index contributed by atoms with van der Waals surface area (Å²) in [6, 6.07) is 4.04. The third kappa shape index (κ3) is 3.85. The Labute approximate surface area is 131 Å². The van der Waals surface area contributed by atoms with Crippen molar-refractivity contribution in [1.82, 2.24) is 15.4 Å². The average Bonchev–Trinajstić information content (AvgIpc) is 2.86. The van der Waals surface area contributed by atoms with Gasteiger partial charge in [0.2, 0.25) is 5.91 Å². The lowest BCUT2D eigenvalue weighted by Gasteiger charge is -2.17. The predicted molar refractivity (Wildman–Crippen MR) is 88.0 cm³/mol. The number of rotatable bonds is 7. The van der Waals surface area contributed by atoms with Crippen molar-refractivity contribution in [3.05, 3.63) is 29.0 Å². The maximum atomic E-state index is 12.1. The summed E-state index contributed by atoms with van der Waals surface area (Å²) in [6.45, 7) is 11.8. The number of hydrogen-bond acceptors (Lipinski definition) is 4. The molecule has 0 saturated heterocycles. The number of likely N-dealkylation sites (N-methyl/N-ethyl adjacent to an activating group) is 1. The fourth-order valence-corrected chi connectivity index (χ4v) is 2.75. The first-order valence-corrected chi connectivity index (χ1v) is 7.89. The molecule has 0 fully saturated rings. The number of aryl methyl sites for hydroxylation is 2. The number of aromatic nitrogens is 1. The Kier molecular flexibility index (Phi) is 5.55. The van der Waals surface area contributed by atoms with Gasteiger partial charge in [-0.15, -0.1) is 0 Å². The van der Waals surface area contributed by atoms with Crippen LogP contribution in [0.3, 0.4) is 0 Å². The molecule has 1 heterocycles. The Balaban J connectivity index is 1.98. The zero-order chi connectivity index (χ0) is 16.1. The second-order valence-corrected chi connectivity index (χ2v) is 5.64. The lowest BCUT2D eigenvalue weighted by molar-refractivity contribution is -0.120. The first kappa shape index (κ1) is 16.5. The molecule has 5 nitrogen and oxygen atoms in total. The van der Waals surface area contributed by atoms with Crippen LogP contribution in [-0.2, 0) is 11.2 Å². The van der Waals surface area contributed by atoms with Crippen molar-refractivity contribution in [3.8, 4) is 0 Å². The number of carbonyl (C=O) groups excluding carboxylic acids is 1. The van der Waals surface area contributed by atoms with Gasteiger partial charge in [-0.3, -0.25) is 4.79 Å². The van der Waals surface area contributed by atoms with Crippen molar-refractivity contribution in [2.45, 2.75) is 34.1 Å². The molecule has 1 aromatic heterocycles. The zero-order valence-electron chi connectivity index (χ0n) is 13.9. The second-order valence-electron chi connectivity index (χ2n) is 5.64. The highest BCUT2D eigenvalue weighted by Crippen LogP contribution is 2.24. The van der Waals surface area contributed by atoms with Gasteiger partial charge in [0.25, 0.3) is 0 Å². The molecule has 0 radical (unpaired) electrons. The van der Waals surface area contributed by atoms with Gasteiger partial charge in [0.15, 0.2) is 5.58 Å². The van der Waals surface area contributed by atoms with Gasteiger partial charge in [-0.25, -0.2) is 0 Å². The van der Waals surface area contributed by atoms with Crippen LogP contribution in [0, 0.1) is 13.8 Å². The van der Waals surface area contributed by atoms with E-state index in [9.17, 15) is 4.79 Å². The summed E-state index contributed by atoms with van der Waals surface area (Å²) >= 11 is 0. The molecule has 1 N–H and O–H groups in total. The Morgan fingerprint density at radius 3 is 2.68 bits per heavy atom. The minimum absolute atomic E-state index is 0.0117. The monoisotopic (exact) mass is 303 g/mol. The highest BCUT2D eigenvalue weighted by molar-refractivity contribution is 5.88. The topological polar surface area (TPSA) is 58.4 Å². The van der Waals surface area contributed by atoms with E-state index in [1.54, 1.807) is 0 Å². The molecule has 0 saturated carbocycles. The number of benzene rings is 1. The van der Waals surface area contributed by atoms with Crippen LogP contribution in [0.25, 0.3) is 11.0 Å². The predicted octanol–water partition coefficient (Wildman–Crippen LogP) is 2.45. The summed E-state index contributed by atoms with van der Waals surface area (Å²) < 4.78 is 5.35. The third-order valence-electron chi connectivity index (χ3n) is 3.96. The first-order valence-electron chi connectivity index (χ1n) is 7.89. The van der Waals surface area contributed by atoms with Crippen LogP contribution in [0.2, 0.25) is 0 Å². The fourth-order valence-electron chi connectivity index (χ4n) is 2.75. The summed E-state index contributed by atoms with van der Waals surface area (Å²) in [4.78, 5) is 14.4. The van der Waals surface area contributed by atoms with E-state index in [2.05, 4.69) is 35.3 Å². The van der Waals surface area contributed by atoms with Crippen molar-refractivity contribution >= 4 is 16.9 Å². The van der Waals surface area contributed by atoms with Crippen molar-refractivity contribution < 1.29 is 9.32 Å². The molecule has 1 amide bonds. The Bertz CT molecular complexity index is 645. The van der Waals surface area contributed by atoms with Crippen LogP contribution in [0.15, 0.2) is 16.7 Å². The van der Waals surface area contributed by atoms with E-state index >= 15 is 0 Å². The van der Waals surface area contributed by atoms with Crippen LogP contribution in [0.4, 0.5) is 0 Å². The Hall–Kier alpha value is -1.88. The molecule has 120 valence electrons. The van der Waals surface area contributed by atoms with E-state index < -0.39 is 0 Å². The molecule has 0 atom stereocenters. The number of hydrogen-bond donors (Lipinski definition) is 1. The highest BCUT2D eigenvalue weighted by atomic mass is 16.5. The van der Waals surface area contributed by atoms with Gasteiger partial charge in [0.05, 0.1) is 6.42 Å². The summed E-state index contributed by atoms with van der Waals surface area (Å²) in [6.07, 6.45) is 0.259. The molecule has 0 aliphatic rings. The summed E-state index contributed by atoms with van der Waals surface area (Å²) in [7, 11) is 0. The number of fused-ring (bicyclic) bond motifs is 1. The van der Waals surface area contributed by atoms with Crippen LogP contribution in [0.1, 0.15) is 30.7 Å². The highest BCUT2D eigenvalue weighted by Gasteiger charge is 2.14. The van der Waals surface area contributed by atoms with E-state index in [1.807, 2.05) is 19.9 Å². The van der Waals surface area contributed by atoms with Crippen LogP contribution in [0.5, 0.6) is 0 Å². The Morgan fingerprint density at radius 2 is 2.00 bits per heavy atom. The lowest BCUT2D eigenvalue weighted by atomic mass is 10.0. The summed E-state index contributed by atoms with van der Waals surface area (Å²) in [5.41, 5.74) is 3.70. The van der Waals surface area contributed by atoms with E-state index in [4.69, 9.17) is 4.52 Å². The minimum Gasteiger partial charge on any atom is -0.356 e. The van der Waals surface area contributed by atoms with E-state index in [-0.39, 0.29) is 12.3 Å². The van der Waals surface area contributed by atoms with E-state index in [0.717, 1.165) is 41.7 Å². The van der Waals surface area contributed by atoms with E-state index in [0.29, 0.717) is 12.2 Å². The molecule has 0 spiro atoms. The molecule has 0 aliphatic heterocycles. The number of amides is 1. The summed E-state index contributed by atoms with van der Waals surface area (Å²) in [5, 5.41) is 7.98. The fraction of sp³-hybridized carbons (Fsp3) is 0.529. The molecule has 1 aromatic carbocycles. The largest absolute Gasteiger partial charge is 0.356 e. The molecule has 2 aromatic rings. The van der Waals surface area contributed by atoms with Crippen molar-refractivity contribution in [3.63, 3.8) is 0 Å². The van der Waals surface area contributed by atoms with Crippen LogP contribution < -0.4 is 5.32 Å². The van der Waals surface area contributed by atoms with Gasteiger partial charge in [-0.2, -0.15) is 0 Å². The summed E-state index contributed by atoms with van der Waals surface area (Å²) in [5.74, 6) is -0.0117. The zero-order valence-corrected chi connectivity index (χ0v) is 13.9. The van der Waals surface area contributed by atoms with Crippen LogP contribution >= 0.6 is 0 Å². The molecular weight excluding hydrogens is 278 g/mol. The normalized spacial score (nSPS) is 11.3. The van der Waals surface area contributed by atoms with Gasteiger partial charge < -0.3 is 14.7 Å². The van der Waals surface area contributed by atoms with Crippen molar-refractivity contribution in [2.75, 3.05) is 26.2 Å². The number of nitrogens with one attached hydrogen (secondary N) is 1. The van der Waals surface area contributed by atoms with Gasteiger partial charge in [0.1, 0.15) is 5.69 Å². The molecular formula is C17H25N3O2. The minimum atomic E-state index is -0.0117. The molecule has 0 aliphatic carbocycles. The number of carbonyl (C=O) groups is 1. The van der Waals surface area contributed by atoms with E-state index in [1.165, 1.54) is 0 Å². The van der Waals surface area contributed by atoms with Gasteiger partial charge in [0, 0.05) is 18.5 Å². The Morgan fingerprint density at radius 1 is 1.27 bits per heavy atom. The van der Waals surface area contributed by atoms with Crippen molar-refractivity contribution in [1.29, 1.82) is 0 Å². The molecule has 2 rings (SSSR count). The SMILES string of the molecule is CCN(CC)CCNC(=O)Cc1noc2cc(C)cc(C)c12. The maximum absolute atomic E-state index is 12.1. The molecule has 22 heavy (non-hydrogen) atoms. The molecule has 0 unspecified atom stereocenters. The van der Waals surface area contributed by atoms with Crippen molar-refractivity contribution in [2.24, 2.45) is 0 Å².